The summed E-state index contributed by atoms with van der Waals surface area (Å²) in [6.07, 6.45) is 1.41. The first-order valence-electron chi connectivity index (χ1n) is 6.97. The van der Waals surface area contributed by atoms with Crippen LogP contribution in [0.2, 0.25) is 0 Å². The van der Waals surface area contributed by atoms with Gasteiger partial charge in [0.1, 0.15) is 6.04 Å². The maximum Gasteiger partial charge on any atom is 0.246 e. The zero-order valence-electron chi connectivity index (χ0n) is 11.3. The third kappa shape index (κ3) is 2.82. The van der Waals surface area contributed by atoms with Crippen molar-refractivity contribution in [3.8, 4) is 0 Å². The summed E-state index contributed by atoms with van der Waals surface area (Å²) in [6.45, 7) is 1.40. The molecule has 20 heavy (non-hydrogen) atoms. The number of amides is 2. The smallest absolute Gasteiger partial charge is 0.246 e. The van der Waals surface area contributed by atoms with Gasteiger partial charge in [-0.1, -0.05) is 24.3 Å². The minimum atomic E-state index is -0.361. The first kappa shape index (κ1) is 13.5. The number of hydrogen-bond donors (Lipinski definition) is 1. The van der Waals surface area contributed by atoms with Crippen molar-refractivity contribution in [2.45, 2.75) is 25.4 Å². The molecule has 1 N–H and O–H groups in total. The Labute approximate surface area is 122 Å². The summed E-state index contributed by atoms with van der Waals surface area (Å²) in [5.41, 5.74) is 2.55. The van der Waals surface area contributed by atoms with Crippen LogP contribution in [0.5, 0.6) is 0 Å². The van der Waals surface area contributed by atoms with Gasteiger partial charge in [-0.2, -0.15) is 11.8 Å². The Hall–Kier alpha value is -1.49. The van der Waals surface area contributed by atoms with Crippen molar-refractivity contribution in [1.82, 2.24) is 10.2 Å². The summed E-state index contributed by atoms with van der Waals surface area (Å²) in [5, 5.41) is 2.85. The van der Waals surface area contributed by atoms with Gasteiger partial charge >= 0.3 is 0 Å². The molecule has 4 nitrogen and oxygen atoms in total. The topological polar surface area (TPSA) is 49.4 Å². The van der Waals surface area contributed by atoms with Crippen LogP contribution in [0.25, 0.3) is 0 Å². The summed E-state index contributed by atoms with van der Waals surface area (Å²) >= 11 is 1.67. The van der Waals surface area contributed by atoms with Gasteiger partial charge < -0.3 is 10.2 Å². The molecular formula is C15H18N2O2S. The van der Waals surface area contributed by atoms with Gasteiger partial charge in [0, 0.05) is 31.0 Å². The zero-order chi connectivity index (χ0) is 13.9. The van der Waals surface area contributed by atoms with E-state index < -0.39 is 0 Å². The summed E-state index contributed by atoms with van der Waals surface area (Å²) in [7, 11) is 0. The summed E-state index contributed by atoms with van der Waals surface area (Å²) in [4.78, 5) is 26.0. The molecule has 2 aliphatic rings. The van der Waals surface area contributed by atoms with Gasteiger partial charge in [-0.3, -0.25) is 9.59 Å². The second-order valence-corrected chi connectivity index (χ2v) is 6.37. The molecule has 1 aromatic carbocycles. The molecule has 2 amide bonds. The lowest BCUT2D eigenvalue weighted by Gasteiger charge is -2.31. The van der Waals surface area contributed by atoms with Crippen LogP contribution < -0.4 is 5.32 Å². The van der Waals surface area contributed by atoms with E-state index in [2.05, 4.69) is 17.4 Å². The molecular weight excluding hydrogens is 272 g/mol. The fraction of sp³-hybridized carbons (Fsp3) is 0.467. The lowest BCUT2D eigenvalue weighted by atomic mass is 9.99. The fourth-order valence-corrected chi connectivity index (χ4v) is 3.67. The molecule has 0 bridgehead atoms. The lowest BCUT2D eigenvalue weighted by molar-refractivity contribution is -0.136. The van der Waals surface area contributed by atoms with Crippen LogP contribution in [0.4, 0.5) is 0 Å². The van der Waals surface area contributed by atoms with Crippen LogP contribution in [0, 0.1) is 0 Å². The predicted octanol–water partition coefficient (Wildman–Crippen LogP) is 1.19. The Morgan fingerprint density at radius 1 is 1.25 bits per heavy atom. The molecule has 5 heteroatoms. The maximum absolute atomic E-state index is 12.6. The molecule has 1 aromatic rings. The van der Waals surface area contributed by atoms with Crippen molar-refractivity contribution in [3.63, 3.8) is 0 Å². The molecule has 0 spiro atoms. The second kappa shape index (κ2) is 5.87. The van der Waals surface area contributed by atoms with Crippen LogP contribution >= 0.6 is 11.8 Å². The second-order valence-electron chi connectivity index (χ2n) is 5.22. The standard InChI is InChI=1S/C15H18N2O2S/c18-14-6-8-20-10-13(16-14)15(19)17-7-5-11-3-1-2-4-12(11)9-17/h1-4,13H,5-10H2,(H,16,18). The van der Waals surface area contributed by atoms with E-state index in [1.165, 1.54) is 11.1 Å². The van der Waals surface area contributed by atoms with E-state index in [1.807, 2.05) is 17.0 Å². The van der Waals surface area contributed by atoms with E-state index in [4.69, 9.17) is 0 Å². The number of benzene rings is 1. The Balaban J connectivity index is 1.70. The van der Waals surface area contributed by atoms with Crippen molar-refractivity contribution < 1.29 is 9.59 Å². The van der Waals surface area contributed by atoms with Gasteiger partial charge in [-0.25, -0.2) is 0 Å². The molecule has 0 radical (unpaired) electrons. The Bertz CT molecular complexity index is 532. The molecule has 1 atom stereocenters. The van der Waals surface area contributed by atoms with Crippen LogP contribution in [0.15, 0.2) is 24.3 Å². The lowest BCUT2D eigenvalue weighted by Crippen LogP contribution is -2.50. The number of carbonyl (C=O) groups excluding carboxylic acids is 2. The number of hydrogen-bond acceptors (Lipinski definition) is 3. The summed E-state index contributed by atoms with van der Waals surface area (Å²) in [6, 6.07) is 7.89. The van der Waals surface area contributed by atoms with Crippen molar-refractivity contribution in [1.29, 1.82) is 0 Å². The van der Waals surface area contributed by atoms with Crippen LogP contribution in [-0.2, 0) is 22.6 Å². The van der Waals surface area contributed by atoms with Crippen molar-refractivity contribution in [3.05, 3.63) is 35.4 Å². The largest absolute Gasteiger partial charge is 0.343 e. The molecule has 0 saturated carbocycles. The predicted molar refractivity (Wildman–Crippen MR) is 79.4 cm³/mol. The van der Waals surface area contributed by atoms with E-state index in [-0.39, 0.29) is 17.9 Å². The van der Waals surface area contributed by atoms with Crippen LogP contribution in [0.1, 0.15) is 17.5 Å². The van der Waals surface area contributed by atoms with Gasteiger partial charge in [-0.15, -0.1) is 0 Å². The minimum absolute atomic E-state index is 0.00856. The van der Waals surface area contributed by atoms with Gasteiger partial charge in [-0.05, 0) is 17.5 Å². The first-order valence-corrected chi connectivity index (χ1v) is 8.12. The Kier molecular flexibility index (Phi) is 3.96. The third-order valence-corrected chi connectivity index (χ3v) is 4.90. The molecule has 1 saturated heterocycles. The number of rotatable bonds is 1. The van der Waals surface area contributed by atoms with Gasteiger partial charge in [0.15, 0.2) is 0 Å². The number of nitrogens with zero attached hydrogens (tertiary/aromatic N) is 1. The Morgan fingerprint density at radius 2 is 2.05 bits per heavy atom. The quantitative estimate of drug-likeness (QED) is 0.845. The van der Waals surface area contributed by atoms with E-state index in [1.54, 1.807) is 11.8 Å². The number of nitrogens with one attached hydrogen (secondary N) is 1. The molecule has 106 valence electrons. The van der Waals surface area contributed by atoms with Gasteiger partial charge in [0.05, 0.1) is 0 Å². The van der Waals surface area contributed by atoms with E-state index in [0.717, 1.165) is 18.7 Å². The van der Waals surface area contributed by atoms with Gasteiger partial charge in [0.2, 0.25) is 11.8 Å². The highest BCUT2D eigenvalue weighted by molar-refractivity contribution is 7.99. The van der Waals surface area contributed by atoms with Crippen LogP contribution in [-0.4, -0.2) is 40.8 Å². The van der Waals surface area contributed by atoms with Crippen LogP contribution in [0.3, 0.4) is 0 Å². The van der Waals surface area contributed by atoms with Crippen molar-refractivity contribution >= 4 is 23.6 Å². The highest BCUT2D eigenvalue weighted by atomic mass is 32.2. The highest BCUT2D eigenvalue weighted by Gasteiger charge is 2.29. The SMILES string of the molecule is O=C1CCSCC(C(=O)N2CCc3ccccc3C2)N1. The van der Waals surface area contributed by atoms with E-state index >= 15 is 0 Å². The maximum atomic E-state index is 12.6. The normalized spacial score (nSPS) is 22.7. The molecule has 2 heterocycles. The average molecular weight is 290 g/mol. The third-order valence-electron chi connectivity index (χ3n) is 3.83. The zero-order valence-corrected chi connectivity index (χ0v) is 12.1. The summed E-state index contributed by atoms with van der Waals surface area (Å²) < 4.78 is 0. The molecule has 2 aliphatic heterocycles. The fourth-order valence-electron chi connectivity index (χ4n) is 2.71. The van der Waals surface area contributed by atoms with Crippen molar-refractivity contribution in [2.75, 3.05) is 18.1 Å². The molecule has 3 rings (SSSR count). The average Bonchev–Trinajstić information content (AvgIpc) is 2.70. The molecule has 0 aliphatic carbocycles. The number of carbonyl (C=O) groups is 2. The monoisotopic (exact) mass is 290 g/mol. The number of fused-ring (bicyclic) bond motifs is 1. The van der Waals surface area contributed by atoms with E-state index in [0.29, 0.717) is 18.7 Å². The number of thioether (sulfide) groups is 1. The van der Waals surface area contributed by atoms with E-state index in [9.17, 15) is 9.59 Å². The molecule has 1 fully saturated rings. The minimum Gasteiger partial charge on any atom is -0.343 e. The van der Waals surface area contributed by atoms with Crippen molar-refractivity contribution in [2.24, 2.45) is 0 Å². The molecule has 1 unspecified atom stereocenters. The highest BCUT2D eigenvalue weighted by Crippen LogP contribution is 2.20. The Morgan fingerprint density at radius 3 is 2.90 bits per heavy atom. The summed E-state index contributed by atoms with van der Waals surface area (Å²) in [5.74, 6) is 1.54. The first-order chi connectivity index (χ1) is 9.74. The van der Waals surface area contributed by atoms with Gasteiger partial charge in [0.25, 0.3) is 0 Å². The molecule has 0 aromatic heterocycles.